The molecule has 0 saturated heterocycles. The summed E-state index contributed by atoms with van der Waals surface area (Å²) in [6, 6.07) is 17.6. The molecule has 0 fully saturated rings. The Hall–Kier alpha value is -2.73. The van der Waals surface area contributed by atoms with Crippen molar-refractivity contribution in [2.45, 2.75) is 17.8 Å². The molecule has 0 spiro atoms. The topological polar surface area (TPSA) is 65.8 Å². The van der Waals surface area contributed by atoms with Crippen LogP contribution in [0, 0.1) is 6.92 Å². The molecule has 5 nitrogen and oxygen atoms in total. The van der Waals surface area contributed by atoms with Gasteiger partial charge in [0.25, 0.3) is 0 Å². The molecule has 4 rings (SSSR count). The van der Waals surface area contributed by atoms with Crippen LogP contribution >= 0.6 is 11.8 Å². The van der Waals surface area contributed by atoms with Crippen molar-refractivity contribution in [3.63, 3.8) is 0 Å². The second-order valence-electron chi connectivity index (χ2n) is 5.41. The van der Waals surface area contributed by atoms with E-state index in [1.54, 1.807) is 4.52 Å². The van der Waals surface area contributed by atoms with Gasteiger partial charge in [-0.3, -0.25) is 0 Å². The highest BCUT2D eigenvalue weighted by atomic mass is 32.2. The van der Waals surface area contributed by atoms with Crippen molar-refractivity contribution in [1.29, 1.82) is 0 Å². The van der Waals surface area contributed by atoms with E-state index >= 15 is 0 Å². The van der Waals surface area contributed by atoms with E-state index in [0.717, 1.165) is 16.5 Å². The Morgan fingerprint density at radius 2 is 1.75 bits per heavy atom. The molecule has 2 aromatic heterocycles. The van der Waals surface area contributed by atoms with Crippen molar-refractivity contribution in [1.82, 2.24) is 15.1 Å². The fraction of sp³-hybridized carbons (Fsp3) is 0.111. The number of nitrogens with zero attached hydrogens (tertiary/aromatic N) is 4. The minimum Gasteiger partial charge on any atom is -0.856 e. The third-order valence-corrected chi connectivity index (χ3v) is 4.66. The van der Waals surface area contributed by atoms with Crippen LogP contribution < -0.4 is 9.62 Å². The summed E-state index contributed by atoms with van der Waals surface area (Å²) in [5, 5.41) is 18.3. The number of thioether (sulfide) groups is 1. The molecule has 24 heavy (non-hydrogen) atoms. The highest BCUT2D eigenvalue weighted by molar-refractivity contribution is 7.98. The molecule has 6 heteroatoms. The number of hydrogen-bond acceptors (Lipinski definition) is 5. The molecule has 0 N–H and O–H groups in total. The van der Waals surface area contributed by atoms with Crippen LogP contribution in [0.3, 0.4) is 0 Å². The van der Waals surface area contributed by atoms with Crippen molar-refractivity contribution in [2.75, 3.05) is 0 Å². The fourth-order valence-corrected chi connectivity index (χ4v) is 3.40. The van der Waals surface area contributed by atoms with Gasteiger partial charge in [-0.05, 0) is 22.7 Å². The molecule has 4 aromatic rings. The van der Waals surface area contributed by atoms with E-state index in [9.17, 15) is 5.11 Å². The van der Waals surface area contributed by atoms with E-state index in [-0.39, 0.29) is 5.88 Å². The molecule has 0 radical (unpaired) electrons. The summed E-state index contributed by atoms with van der Waals surface area (Å²) >= 11 is 1.45. The second-order valence-corrected chi connectivity index (χ2v) is 6.35. The molecular weight excluding hydrogens is 320 g/mol. The zero-order valence-electron chi connectivity index (χ0n) is 13.0. The average molecular weight is 334 g/mol. The van der Waals surface area contributed by atoms with Crippen LogP contribution in [0.15, 0.2) is 59.8 Å². The molecule has 118 valence electrons. The normalized spacial score (nSPS) is 11.2. The first-order valence-corrected chi connectivity index (χ1v) is 8.54. The summed E-state index contributed by atoms with van der Waals surface area (Å²) in [7, 11) is 0. The Morgan fingerprint density at radius 1 is 1.00 bits per heavy atom. The summed E-state index contributed by atoms with van der Waals surface area (Å²) in [6.45, 7) is 1.84. The van der Waals surface area contributed by atoms with Crippen molar-refractivity contribution in [3.8, 4) is 5.88 Å². The lowest BCUT2D eigenvalue weighted by atomic mass is 10.2. The smallest absolute Gasteiger partial charge is 0.321 e. The van der Waals surface area contributed by atoms with Crippen molar-refractivity contribution in [2.24, 2.45) is 0 Å². The summed E-state index contributed by atoms with van der Waals surface area (Å²) in [4.78, 5) is 8.68. The zero-order chi connectivity index (χ0) is 16.5. The van der Waals surface area contributed by atoms with Crippen molar-refractivity contribution in [3.05, 3.63) is 66.0 Å². The van der Waals surface area contributed by atoms with Gasteiger partial charge in [0, 0.05) is 18.6 Å². The highest BCUT2D eigenvalue weighted by Crippen LogP contribution is 2.23. The summed E-state index contributed by atoms with van der Waals surface area (Å²) in [6.07, 6.45) is 0. The fourth-order valence-electron chi connectivity index (χ4n) is 2.63. The maximum Gasteiger partial charge on any atom is 0.321 e. The predicted molar refractivity (Wildman–Crippen MR) is 90.7 cm³/mol. The van der Waals surface area contributed by atoms with Gasteiger partial charge < -0.3 is 5.11 Å². The van der Waals surface area contributed by atoms with Gasteiger partial charge >= 0.3 is 5.82 Å². The first-order chi connectivity index (χ1) is 11.7. The van der Waals surface area contributed by atoms with Crippen LogP contribution in [0.1, 0.15) is 11.4 Å². The molecule has 0 aliphatic heterocycles. The minimum atomic E-state index is -0.276. The van der Waals surface area contributed by atoms with E-state index in [1.165, 1.54) is 11.8 Å². The molecule has 0 atom stereocenters. The van der Waals surface area contributed by atoms with Crippen LogP contribution in [-0.2, 0) is 5.75 Å². The lowest BCUT2D eigenvalue weighted by Gasteiger charge is -2.09. The third-order valence-electron chi connectivity index (χ3n) is 3.76. The predicted octanol–water partition coefficient (Wildman–Crippen LogP) is 2.44. The Labute approximate surface area is 143 Å². The largest absolute Gasteiger partial charge is 0.856 e. The van der Waals surface area contributed by atoms with Crippen LogP contribution in [0.2, 0.25) is 0 Å². The van der Waals surface area contributed by atoms with Crippen molar-refractivity contribution < 1.29 is 9.62 Å². The number of aromatic nitrogens is 4. The standard InChI is InChI=1S/C18H14N4OS/c1-12-19-15-10-6-5-9-14(15)16-17(23)20-18(21-22(12)16)24-11-13-7-3-2-4-8-13/h2-10H,11H2,1H3. The number of para-hydroxylation sites is 1. The van der Waals surface area contributed by atoms with Gasteiger partial charge in [0.05, 0.1) is 5.39 Å². The van der Waals surface area contributed by atoms with E-state index in [1.807, 2.05) is 61.5 Å². The van der Waals surface area contributed by atoms with E-state index < -0.39 is 0 Å². The van der Waals surface area contributed by atoms with E-state index in [0.29, 0.717) is 22.3 Å². The Balaban J connectivity index is 1.79. The quantitative estimate of drug-likeness (QED) is 0.327. The minimum absolute atomic E-state index is 0.276. The zero-order valence-corrected chi connectivity index (χ0v) is 13.8. The molecule has 2 aromatic carbocycles. The summed E-state index contributed by atoms with van der Waals surface area (Å²) in [5.41, 5.74) is 2.42. The molecule has 0 amide bonds. The first-order valence-electron chi connectivity index (χ1n) is 7.55. The van der Waals surface area contributed by atoms with Gasteiger partial charge in [0.2, 0.25) is 5.16 Å². The van der Waals surface area contributed by atoms with Gasteiger partial charge in [-0.1, -0.05) is 63.8 Å². The van der Waals surface area contributed by atoms with Crippen LogP contribution in [0.5, 0.6) is 5.88 Å². The first kappa shape index (κ1) is 14.8. The monoisotopic (exact) mass is 334 g/mol. The molecule has 0 bridgehead atoms. The number of fused-ring (bicyclic) bond motifs is 3. The number of rotatable bonds is 3. The molecule has 2 heterocycles. The SMILES string of the molecule is Cc1nc2ccccc2c2c([O-])nc(SCc3ccccc3)n[n+]12. The number of benzene rings is 2. The van der Waals surface area contributed by atoms with Gasteiger partial charge in [-0.15, -0.1) is 0 Å². The van der Waals surface area contributed by atoms with E-state index in [4.69, 9.17) is 0 Å². The molecule has 0 aliphatic carbocycles. The number of aryl methyl sites for hydroxylation is 1. The molecule has 0 aliphatic rings. The molecule has 0 saturated carbocycles. The molecular formula is C18H14N4OS. The lowest BCUT2D eigenvalue weighted by molar-refractivity contribution is -0.598. The van der Waals surface area contributed by atoms with E-state index in [2.05, 4.69) is 15.1 Å². The summed E-state index contributed by atoms with van der Waals surface area (Å²) in [5.74, 6) is 1.11. The highest BCUT2D eigenvalue weighted by Gasteiger charge is 2.17. The van der Waals surface area contributed by atoms with Crippen LogP contribution in [-0.4, -0.2) is 15.1 Å². The van der Waals surface area contributed by atoms with Crippen LogP contribution in [0.25, 0.3) is 16.4 Å². The van der Waals surface area contributed by atoms with Crippen LogP contribution in [0.4, 0.5) is 0 Å². The van der Waals surface area contributed by atoms with Crippen molar-refractivity contribution >= 4 is 28.2 Å². The van der Waals surface area contributed by atoms with Gasteiger partial charge in [0.15, 0.2) is 11.0 Å². The third kappa shape index (κ3) is 2.65. The van der Waals surface area contributed by atoms with Gasteiger partial charge in [-0.25, -0.2) is 4.98 Å². The average Bonchev–Trinajstić information content (AvgIpc) is 2.61. The maximum atomic E-state index is 12.6. The Morgan fingerprint density at radius 3 is 2.58 bits per heavy atom. The van der Waals surface area contributed by atoms with Gasteiger partial charge in [-0.2, -0.15) is 0 Å². The lowest BCUT2D eigenvalue weighted by Crippen LogP contribution is -2.34. The second kappa shape index (κ2) is 6.05. The Bertz CT molecular complexity index is 1040. The Kier molecular flexibility index (Phi) is 3.74. The summed E-state index contributed by atoms with van der Waals surface area (Å²) < 4.78 is 1.60. The number of hydrogen-bond donors (Lipinski definition) is 0. The molecule has 0 unspecified atom stereocenters. The maximum absolute atomic E-state index is 12.6. The van der Waals surface area contributed by atoms with Gasteiger partial charge in [0.1, 0.15) is 0 Å².